The molecule has 2 rings (SSSR count). The molecular formula is C12H15ClN2O2. The fourth-order valence-electron chi connectivity index (χ4n) is 1.74. The van der Waals surface area contributed by atoms with Gasteiger partial charge in [0.05, 0.1) is 11.1 Å². The Bertz CT molecular complexity index is 417. The summed E-state index contributed by atoms with van der Waals surface area (Å²) in [7, 11) is 0. The molecule has 0 amide bonds. The van der Waals surface area contributed by atoms with E-state index < -0.39 is 0 Å². The van der Waals surface area contributed by atoms with Crippen LogP contribution in [0.15, 0.2) is 18.2 Å². The standard InChI is InChI=1S/C12H15ClN2O2/c13-10-6-8(12(14)15)3-4-11(10)17-7-9-2-1-5-16-9/h3-4,6,9H,1-2,5,7H2,(H3,14,15). The first-order valence-electron chi connectivity index (χ1n) is 5.55. The highest BCUT2D eigenvalue weighted by atomic mass is 35.5. The largest absolute Gasteiger partial charge is 0.489 e. The van der Waals surface area contributed by atoms with Gasteiger partial charge in [-0.1, -0.05) is 11.6 Å². The minimum atomic E-state index is -0.00224. The number of rotatable bonds is 4. The Labute approximate surface area is 105 Å². The number of nitrogen functional groups attached to an aromatic ring is 1. The average Bonchev–Trinajstić information content (AvgIpc) is 2.80. The van der Waals surface area contributed by atoms with Crippen LogP contribution >= 0.6 is 11.6 Å². The van der Waals surface area contributed by atoms with Crippen molar-refractivity contribution in [1.29, 1.82) is 5.41 Å². The predicted octanol–water partition coefficient (Wildman–Crippen LogP) is 2.18. The van der Waals surface area contributed by atoms with Crippen molar-refractivity contribution in [3.8, 4) is 5.75 Å². The van der Waals surface area contributed by atoms with Gasteiger partial charge in [0.25, 0.3) is 0 Å². The Kier molecular flexibility index (Phi) is 3.86. The summed E-state index contributed by atoms with van der Waals surface area (Å²) < 4.78 is 11.0. The fourth-order valence-corrected chi connectivity index (χ4v) is 1.98. The zero-order valence-corrected chi connectivity index (χ0v) is 10.2. The van der Waals surface area contributed by atoms with Gasteiger partial charge < -0.3 is 15.2 Å². The van der Waals surface area contributed by atoms with Gasteiger partial charge in [-0.3, -0.25) is 5.41 Å². The highest BCUT2D eigenvalue weighted by molar-refractivity contribution is 6.32. The minimum absolute atomic E-state index is 0.00224. The van der Waals surface area contributed by atoms with Crippen molar-refractivity contribution >= 4 is 17.4 Å². The second-order valence-corrected chi connectivity index (χ2v) is 4.41. The molecular weight excluding hydrogens is 240 g/mol. The van der Waals surface area contributed by atoms with Crippen LogP contribution in [0.3, 0.4) is 0 Å². The molecule has 92 valence electrons. The van der Waals surface area contributed by atoms with Crippen LogP contribution in [0.1, 0.15) is 18.4 Å². The summed E-state index contributed by atoms with van der Waals surface area (Å²) in [5.74, 6) is 0.602. The van der Waals surface area contributed by atoms with Gasteiger partial charge in [-0.2, -0.15) is 0 Å². The smallest absolute Gasteiger partial charge is 0.138 e. The molecule has 1 fully saturated rings. The number of halogens is 1. The molecule has 0 radical (unpaired) electrons. The average molecular weight is 255 g/mol. The Morgan fingerprint density at radius 2 is 2.41 bits per heavy atom. The lowest BCUT2D eigenvalue weighted by atomic mass is 10.2. The van der Waals surface area contributed by atoms with Crippen LogP contribution in [0.2, 0.25) is 5.02 Å². The van der Waals surface area contributed by atoms with E-state index in [2.05, 4.69) is 0 Å². The van der Waals surface area contributed by atoms with Crippen molar-refractivity contribution in [2.45, 2.75) is 18.9 Å². The zero-order valence-electron chi connectivity index (χ0n) is 9.41. The molecule has 0 aromatic heterocycles. The number of ether oxygens (including phenoxy) is 2. The van der Waals surface area contributed by atoms with E-state index in [0.717, 1.165) is 19.4 Å². The van der Waals surface area contributed by atoms with Gasteiger partial charge in [0, 0.05) is 12.2 Å². The highest BCUT2D eigenvalue weighted by Gasteiger charge is 2.16. The summed E-state index contributed by atoms with van der Waals surface area (Å²) in [6.07, 6.45) is 2.28. The maximum atomic E-state index is 7.30. The Morgan fingerprint density at radius 3 is 3.00 bits per heavy atom. The van der Waals surface area contributed by atoms with Crippen LogP contribution in [0.5, 0.6) is 5.75 Å². The fraction of sp³-hybridized carbons (Fsp3) is 0.417. The Morgan fingerprint density at radius 1 is 1.59 bits per heavy atom. The molecule has 0 saturated carbocycles. The quantitative estimate of drug-likeness (QED) is 0.639. The lowest BCUT2D eigenvalue weighted by Crippen LogP contribution is -2.16. The zero-order chi connectivity index (χ0) is 12.3. The summed E-state index contributed by atoms with van der Waals surface area (Å²) in [6.45, 7) is 1.32. The molecule has 1 aliphatic heterocycles. The SMILES string of the molecule is N=C(N)c1ccc(OCC2CCCO2)c(Cl)c1. The van der Waals surface area contributed by atoms with E-state index in [1.807, 2.05) is 0 Å². The number of hydrogen-bond acceptors (Lipinski definition) is 3. The lowest BCUT2D eigenvalue weighted by molar-refractivity contribution is 0.0680. The molecule has 0 spiro atoms. The third-order valence-corrected chi connectivity index (χ3v) is 2.99. The van der Waals surface area contributed by atoms with Crippen LogP contribution in [0.25, 0.3) is 0 Å². The summed E-state index contributed by atoms with van der Waals surface area (Å²) in [4.78, 5) is 0. The summed E-state index contributed by atoms with van der Waals surface area (Å²) in [6, 6.07) is 5.09. The maximum absolute atomic E-state index is 7.30. The van der Waals surface area contributed by atoms with Gasteiger partial charge in [0.2, 0.25) is 0 Å². The topological polar surface area (TPSA) is 68.3 Å². The molecule has 1 aliphatic rings. The van der Waals surface area contributed by atoms with Crippen molar-refractivity contribution in [2.24, 2.45) is 5.73 Å². The highest BCUT2D eigenvalue weighted by Crippen LogP contribution is 2.26. The first kappa shape index (κ1) is 12.2. The number of nitrogens with two attached hydrogens (primary N) is 1. The summed E-state index contributed by atoms with van der Waals surface area (Å²) >= 11 is 6.04. The molecule has 1 aromatic rings. The normalized spacial score (nSPS) is 19.2. The predicted molar refractivity (Wildman–Crippen MR) is 66.9 cm³/mol. The molecule has 5 heteroatoms. The van der Waals surface area contributed by atoms with E-state index >= 15 is 0 Å². The molecule has 0 bridgehead atoms. The molecule has 1 unspecified atom stereocenters. The first-order valence-corrected chi connectivity index (χ1v) is 5.93. The van der Waals surface area contributed by atoms with E-state index in [4.69, 9.17) is 32.2 Å². The molecule has 1 atom stereocenters. The number of nitrogens with one attached hydrogen (secondary N) is 1. The van der Waals surface area contributed by atoms with Gasteiger partial charge in [0.15, 0.2) is 0 Å². The first-order chi connectivity index (χ1) is 8.16. The van der Waals surface area contributed by atoms with E-state index in [1.54, 1.807) is 18.2 Å². The molecule has 1 saturated heterocycles. The van der Waals surface area contributed by atoms with Crippen molar-refractivity contribution in [2.75, 3.05) is 13.2 Å². The third kappa shape index (κ3) is 3.11. The number of amidine groups is 1. The van der Waals surface area contributed by atoms with Gasteiger partial charge in [-0.25, -0.2) is 0 Å². The van der Waals surface area contributed by atoms with E-state index in [9.17, 15) is 0 Å². The van der Waals surface area contributed by atoms with Crippen LogP contribution in [-0.4, -0.2) is 25.2 Å². The van der Waals surface area contributed by atoms with Crippen molar-refractivity contribution in [3.63, 3.8) is 0 Å². The van der Waals surface area contributed by atoms with Crippen molar-refractivity contribution in [3.05, 3.63) is 28.8 Å². The van der Waals surface area contributed by atoms with Crippen LogP contribution in [-0.2, 0) is 4.74 Å². The molecule has 4 nitrogen and oxygen atoms in total. The second kappa shape index (κ2) is 5.38. The van der Waals surface area contributed by atoms with Crippen LogP contribution in [0, 0.1) is 5.41 Å². The van der Waals surface area contributed by atoms with Gasteiger partial charge in [0.1, 0.15) is 18.2 Å². The Balaban J connectivity index is 1.98. The van der Waals surface area contributed by atoms with Crippen LogP contribution in [0.4, 0.5) is 0 Å². The number of hydrogen-bond donors (Lipinski definition) is 2. The Hall–Kier alpha value is -1.26. The van der Waals surface area contributed by atoms with Crippen LogP contribution < -0.4 is 10.5 Å². The van der Waals surface area contributed by atoms with Gasteiger partial charge in [-0.05, 0) is 31.0 Å². The number of benzene rings is 1. The second-order valence-electron chi connectivity index (χ2n) is 4.00. The molecule has 17 heavy (non-hydrogen) atoms. The molecule has 3 N–H and O–H groups in total. The minimum Gasteiger partial charge on any atom is -0.489 e. The summed E-state index contributed by atoms with van der Waals surface area (Å²) in [5, 5.41) is 7.77. The van der Waals surface area contributed by atoms with E-state index in [-0.39, 0.29) is 11.9 Å². The monoisotopic (exact) mass is 254 g/mol. The molecule has 1 aromatic carbocycles. The summed E-state index contributed by atoms with van der Waals surface area (Å²) in [5.41, 5.74) is 5.97. The van der Waals surface area contributed by atoms with Gasteiger partial charge >= 0.3 is 0 Å². The third-order valence-electron chi connectivity index (χ3n) is 2.69. The lowest BCUT2D eigenvalue weighted by Gasteiger charge is -2.13. The maximum Gasteiger partial charge on any atom is 0.138 e. The molecule has 0 aliphatic carbocycles. The van der Waals surface area contributed by atoms with Crippen molar-refractivity contribution < 1.29 is 9.47 Å². The molecule has 1 heterocycles. The van der Waals surface area contributed by atoms with E-state index in [1.165, 1.54) is 0 Å². The van der Waals surface area contributed by atoms with Gasteiger partial charge in [-0.15, -0.1) is 0 Å². The van der Waals surface area contributed by atoms with E-state index in [0.29, 0.717) is 22.9 Å². The van der Waals surface area contributed by atoms with Crippen molar-refractivity contribution in [1.82, 2.24) is 0 Å².